The molecule has 0 bridgehead atoms. The lowest BCUT2D eigenvalue weighted by Gasteiger charge is -2.37. The second-order valence-electron chi connectivity index (χ2n) is 7.25. The quantitative estimate of drug-likeness (QED) is 0.602. The Morgan fingerprint density at radius 1 is 1.13 bits per heavy atom. The van der Waals surface area contributed by atoms with Gasteiger partial charge in [0.05, 0.1) is 26.8 Å². The van der Waals surface area contributed by atoms with Crippen LogP contribution in [0.15, 0.2) is 47.8 Å². The molecular formula is C23H22F2N2O3S. The van der Waals surface area contributed by atoms with Gasteiger partial charge in [-0.1, -0.05) is 6.07 Å². The summed E-state index contributed by atoms with van der Waals surface area (Å²) in [5.41, 5.74) is 2.29. The Hall–Kier alpha value is -2.97. The predicted octanol–water partition coefficient (Wildman–Crippen LogP) is 4.63. The van der Waals surface area contributed by atoms with Gasteiger partial charge in [-0.15, -0.1) is 11.3 Å². The van der Waals surface area contributed by atoms with Crippen LogP contribution in [0.4, 0.5) is 14.5 Å². The fourth-order valence-electron chi connectivity index (χ4n) is 3.96. The fraction of sp³-hybridized carbons (Fsp3) is 0.261. The molecule has 0 aliphatic carbocycles. The van der Waals surface area contributed by atoms with Crippen LogP contribution in [-0.4, -0.2) is 38.1 Å². The molecule has 0 fully saturated rings. The summed E-state index contributed by atoms with van der Waals surface area (Å²) in [7, 11) is 3.20. The largest absolute Gasteiger partial charge is 0.493 e. The van der Waals surface area contributed by atoms with Gasteiger partial charge in [0.15, 0.2) is 11.5 Å². The standard InChI is InChI=1S/C23H22F2N2O3S/c1-29-19-8-14-5-6-27(13-22(28)26-17-10-15(24)9-16(25)11-17)23(21-4-3-7-31-21)18(14)12-20(19)30-2/h3-4,7-12,23H,5-6,13H2,1-2H3,(H,26,28)/t23-/m0/s1. The maximum atomic E-state index is 13.5. The molecule has 5 nitrogen and oxygen atoms in total. The number of anilines is 1. The molecule has 8 heteroatoms. The molecule has 0 unspecified atom stereocenters. The summed E-state index contributed by atoms with van der Waals surface area (Å²) in [6.45, 7) is 0.727. The number of carbonyl (C=O) groups is 1. The first kappa shape index (κ1) is 21.3. The van der Waals surface area contributed by atoms with E-state index in [1.807, 2.05) is 29.6 Å². The van der Waals surface area contributed by atoms with Crippen LogP contribution in [0.3, 0.4) is 0 Å². The molecule has 162 valence electrons. The first-order valence-electron chi connectivity index (χ1n) is 9.76. The first-order chi connectivity index (χ1) is 15.0. The highest BCUT2D eigenvalue weighted by molar-refractivity contribution is 7.10. The number of nitrogens with zero attached hydrogens (tertiary/aromatic N) is 1. The van der Waals surface area contributed by atoms with Crippen LogP contribution >= 0.6 is 11.3 Å². The zero-order chi connectivity index (χ0) is 22.0. The monoisotopic (exact) mass is 444 g/mol. The topological polar surface area (TPSA) is 50.8 Å². The van der Waals surface area contributed by atoms with Gasteiger partial charge in [0.1, 0.15) is 11.6 Å². The van der Waals surface area contributed by atoms with E-state index in [2.05, 4.69) is 10.2 Å². The third kappa shape index (κ3) is 4.55. The number of nitrogens with one attached hydrogen (secondary N) is 1. The van der Waals surface area contributed by atoms with Gasteiger partial charge in [0.25, 0.3) is 0 Å². The predicted molar refractivity (Wildman–Crippen MR) is 116 cm³/mol. The summed E-state index contributed by atoms with van der Waals surface area (Å²) < 4.78 is 37.9. The molecule has 0 radical (unpaired) electrons. The smallest absolute Gasteiger partial charge is 0.238 e. The van der Waals surface area contributed by atoms with E-state index in [-0.39, 0.29) is 24.2 Å². The van der Waals surface area contributed by atoms with Gasteiger partial charge in [-0.05, 0) is 53.3 Å². The van der Waals surface area contributed by atoms with Crippen LogP contribution in [0.5, 0.6) is 11.5 Å². The highest BCUT2D eigenvalue weighted by Gasteiger charge is 2.32. The van der Waals surface area contributed by atoms with Crippen molar-refractivity contribution in [2.24, 2.45) is 0 Å². The lowest BCUT2D eigenvalue weighted by molar-refractivity contribution is -0.117. The van der Waals surface area contributed by atoms with Gasteiger partial charge in [0.2, 0.25) is 5.91 Å². The van der Waals surface area contributed by atoms with Crippen LogP contribution in [0, 0.1) is 11.6 Å². The molecule has 3 aromatic rings. The van der Waals surface area contributed by atoms with E-state index in [4.69, 9.17) is 9.47 Å². The summed E-state index contributed by atoms with van der Waals surface area (Å²) in [6, 6.07) is 10.8. The van der Waals surface area contributed by atoms with Crippen molar-refractivity contribution in [3.8, 4) is 11.5 Å². The Bertz CT molecular complexity index is 1070. The summed E-state index contributed by atoms with van der Waals surface area (Å²) in [4.78, 5) is 15.9. The van der Waals surface area contributed by atoms with Crippen LogP contribution in [0.2, 0.25) is 0 Å². The Morgan fingerprint density at radius 2 is 1.84 bits per heavy atom. The average Bonchev–Trinajstić information content (AvgIpc) is 3.26. The molecule has 0 saturated carbocycles. The van der Waals surface area contributed by atoms with E-state index in [9.17, 15) is 13.6 Å². The van der Waals surface area contributed by atoms with Gasteiger partial charge in [-0.2, -0.15) is 0 Å². The minimum absolute atomic E-state index is 0.0779. The number of methoxy groups -OCH3 is 2. The van der Waals surface area contributed by atoms with Crippen LogP contribution in [-0.2, 0) is 11.2 Å². The summed E-state index contributed by atoms with van der Waals surface area (Å²) in [5.74, 6) is -0.510. The Labute approximate surface area is 183 Å². The van der Waals surface area contributed by atoms with Crippen molar-refractivity contribution >= 4 is 22.9 Å². The number of carbonyl (C=O) groups excluding carboxylic acids is 1. The van der Waals surface area contributed by atoms with Gasteiger partial charge >= 0.3 is 0 Å². The summed E-state index contributed by atoms with van der Waals surface area (Å²) in [5, 5.41) is 4.60. The number of amides is 1. The molecule has 31 heavy (non-hydrogen) atoms. The molecule has 1 N–H and O–H groups in total. The number of hydrogen-bond acceptors (Lipinski definition) is 5. The fourth-order valence-corrected chi connectivity index (χ4v) is 4.84. The minimum atomic E-state index is -0.736. The molecule has 0 spiro atoms. The van der Waals surface area contributed by atoms with Gasteiger partial charge in [-0.25, -0.2) is 8.78 Å². The van der Waals surface area contributed by atoms with E-state index in [1.54, 1.807) is 25.6 Å². The zero-order valence-corrected chi connectivity index (χ0v) is 18.0. The minimum Gasteiger partial charge on any atom is -0.493 e. The molecule has 1 aliphatic heterocycles. The lowest BCUT2D eigenvalue weighted by atomic mass is 9.91. The molecule has 1 aliphatic rings. The third-order valence-corrected chi connectivity index (χ3v) is 6.20. The highest BCUT2D eigenvalue weighted by Crippen LogP contribution is 2.42. The molecule has 0 saturated heterocycles. The van der Waals surface area contributed by atoms with Gasteiger partial charge in [-0.3, -0.25) is 9.69 Å². The van der Waals surface area contributed by atoms with E-state index in [0.717, 1.165) is 40.6 Å². The van der Waals surface area contributed by atoms with Crippen LogP contribution < -0.4 is 14.8 Å². The molecular weight excluding hydrogens is 422 g/mol. The molecule has 1 atom stereocenters. The van der Waals surface area contributed by atoms with E-state index in [0.29, 0.717) is 18.0 Å². The highest BCUT2D eigenvalue weighted by atomic mass is 32.1. The van der Waals surface area contributed by atoms with Crippen LogP contribution in [0.1, 0.15) is 22.0 Å². The van der Waals surface area contributed by atoms with Crippen molar-refractivity contribution < 1.29 is 23.0 Å². The van der Waals surface area contributed by atoms with Crippen molar-refractivity contribution in [2.75, 3.05) is 32.6 Å². The Balaban J connectivity index is 1.62. The SMILES string of the molecule is COc1cc2c(cc1OC)[C@@H](c1cccs1)N(CC(=O)Nc1cc(F)cc(F)c1)CC2. The molecule has 2 heterocycles. The average molecular weight is 445 g/mol. The summed E-state index contributed by atoms with van der Waals surface area (Å²) in [6.07, 6.45) is 0.736. The molecule has 2 aromatic carbocycles. The molecule has 1 amide bonds. The summed E-state index contributed by atoms with van der Waals surface area (Å²) >= 11 is 1.61. The number of thiophene rings is 1. The number of halogens is 2. The zero-order valence-electron chi connectivity index (χ0n) is 17.2. The Morgan fingerprint density at radius 3 is 2.48 bits per heavy atom. The van der Waals surface area contributed by atoms with E-state index < -0.39 is 11.6 Å². The molecule has 4 rings (SSSR count). The number of rotatable bonds is 6. The van der Waals surface area contributed by atoms with Gasteiger partial charge < -0.3 is 14.8 Å². The van der Waals surface area contributed by atoms with Crippen molar-refractivity contribution in [1.29, 1.82) is 0 Å². The Kier molecular flexibility index (Phi) is 6.20. The van der Waals surface area contributed by atoms with Crippen molar-refractivity contribution in [2.45, 2.75) is 12.5 Å². The number of benzene rings is 2. The van der Waals surface area contributed by atoms with E-state index >= 15 is 0 Å². The van der Waals surface area contributed by atoms with Crippen molar-refractivity contribution in [3.05, 3.63) is 75.5 Å². The number of hydrogen-bond donors (Lipinski definition) is 1. The van der Waals surface area contributed by atoms with E-state index in [1.165, 1.54) is 0 Å². The van der Waals surface area contributed by atoms with Crippen molar-refractivity contribution in [3.63, 3.8) is 0 Å². The molecule has 1 aromatic heterocycles. The van der Waals surface area contributed by atoms with Gasteiger partial charge in [0, 0.05) is 23.2 Å². The maximum Gasteiger partial charge on any atom is 0.238 e. The third-order valence-electron chi connectivity index (χ3n) is 5.28. The second kappa shape index (κ2) is 9.03. The first-order valence-corrected chi connectivity index (χ1v) is 10.6. The normalized spacial score (nSPS) is 15.9. The van der Waals surface area contributed by atoms with Crippen molar-refractivity contribution in [1.82, 2.24) is 4.90 Å². The second-order valence-corrected chi connectivity index (χ2v) is 8.23. The maximum absolute atomic E-state index is 13.5. The lowest BCUT2D eigenvalue weighted by Crippen LogP contribution is -2.41. The number of fused-ring (bicyclic) bond motifs is 1. The number of ether oxygens (including phenoxy) is 2. The van der Waals surface area contributed by atoms with Crippen LogP contribution in [0.25, 0.3) is 0 Å².